The molecule has 7 nitrogen and oxygen atoms in total. The molecule has 1 rings (SSSR count). The van der Waals surface area contributed by atoms with Crippen LogP contribution in [0, 0.1) is 15.9 Å². The van der Waals surface area contributed by atoms with E-state index in [1.54, 1.807) is 0 Å². The zero-order chi connectivity index (χ0) is 14.1. The lowest BCUT2D eigenvalue weighted by Gasteiger charge is -2.15. The number of hydrogen-bond donors (Lipinski definition) is 1. The first-order valence-electron chi connectivity index (χ1n) is 4.80. The molecule has 0 saturated carbocycles. The van der Waals surface area contributed by atoms with Crippen LogP contribution < -0.4 is 5.32 Å². The molecular formula is C9H12FN3O4S. The van der Waals surface area contributed by atoms with Crippen molar-refractivity contribution in [3.05, 3.63) is 28.1 Å². The number of benzene rings is 1. The van der Waals surface area contributed by atoms with Crippen LogP contribution in [0.1, 0.15) is 0 Å². The van der Waals surface area contributed by atoms with Crippen molar-refractivity contribution in [3.8, 4) is 0 Å². The first-order chi connectivity index (χ1) is 8.21. The quantitative estimate of drug-likeness (QED) is 0.655. The molecule has 0 saturated heterocycles. The van der Waals surface area contributed by atoms with Gasteiger partial charge in [0.25, 0.3) is 5.69 Å². The Labute approximate surface area is 103 Å². The summed E-state index contributed by atoms with van der Waals surface area (Å²) in [5.74, 6) is -1.16. The Bertz CT molecular complexity index is 586. The first kappa shape index (κ1) is 14.3. The van der Waals surface area contributed by atoms with Crippen LogP contribution in [0.2, 0.25) is 0 Å². The number of rotatable bonds is 4. The minimum absolute atomic E-state index is 0.157. The Kier molecular flexibility index (Phi) is 3.87. The molecule has 0 aliphatic rings. The van der Waals surface area contributed by atoms with Gasteiger partial charge in [-0.3, -0.25) is 10.1 Å². The molecule has 0 heterocycles. The van der Waals surface area contributed by atoms with E-state index in [1.807, 2.05) is 0 Å². The van der Waals surface area contributed by atoms with Crippen molar-refractivity contribution in [2.45, 2.75) is 4.90 Å². The molecule has 0 spiro atoms. The van der Waals surface area contributed by atoms with Crippen molar-refractivity contribution in [1.29, 1.82) is 0 Å². The van der Waals surface area contributed by atoms with Gasteiger partial charge in [0.1, 0.15) is 4.90 Å². The van der Waals surface area contributed by atoms with E-state index in [-0.39, 0.29) is 5.69 Å². The standard InChI is InChI=1S/C9H12FN3O4S/c1-11-8-5-6(13(14)15)4-7(10)9(8)18(16,17)12(2)3/h4-5,11H,1-3H3. The highest BCUT2D eigenvalue weighted by atomic mass is 32.2. The van der Waals surface area contributed by atoms with Gasteiger partial charge in [0.05, 0.1) is 16.7 Å². The fourth-order valence-electron chi connectivity index (χ4n) is 1.31. The van der Waals surface area contributed by atoms with Gasteiger partial charge >= 0.3 is 0 Å². The Hall–Kier alpha value is -1.74. The molecule has 0 atom stereocenters. The third-order valence-electron chi connectivity index (χ3n) is 2.25. The number of nitrogens with one attached hydrogen (secondary N) is 1. The molecular weight excluding hydrogens is 265 g/mol. The summed E-state index contributed by atoms with van der Waals surface area (Å²) >= 11 is 0. The number of nitrogens with zero attached hydrogens (tertiary/aromatic N) is 2. The Balaban J connectivity index is 3.61. The van der Waals surface area contributed by atoms with Gasteiger partial charge in [0.15, 0.2) is 5.82 Å². The summed E-state index contributed by atoms with van der Waals surface area (Å²) in [5, 5.41) is 13.0. The topological polar surface area (TPSA) is 92.5 Å². The molecule has 0 fully saturated rings. The van der Waals surface area contributed by atoms with Crippen LogP contribution in [0.4, 0.5) is 15.8 Å². The number of sulfonamides is 1. The summed E-state index contributed by atoms with van der Waals surface area (Å²) in [7, 11) is -0.174. The number of anilines is 1. The lowest BCUT2D eigenvalue weighted by Crippen LogP contribution is -2.24. The molecule has 0 bridgehead atoms. The number of hydrogen-bond acceptors (Lipinski definition) is 5. The molecule has 0 unspecified atom stereocenters. The third kappa shape index (κ3) is 2.41. The number of nitro benzene ring substituents is 1. The van der Waals surface area contributed by atoms with Gasteiger partial charge in [-0.05, 0) is 0 Å². The van der Waals surface area contributed by atoms with Crippen LogP contribution in [0.3, 0.4) is 0 Å². The van der Waals surface area contributed by atoms with Crippen LogP contribution >= 0.6 is 0 Å². The molecule has 1 aromatic carbocycles. The van der Waals surface area contributed by atoms with Crippen molar-refractivity contribution in [2.24, 2.45) is 0 Å². The SMILES string of the molecule is CNc1cc([N+](=O)[O-])cc(F)c1S(=O)(=O)N(C)C. The maximum absolute atomic E-state index is 13.8. The summed E-state index contributed by atoms with van der Waals surface area (Å²) in [6.45, 7) is 0. The minimum atomic E-state index is -4.02. The summed E-state index contributed by atoms with van der Waals surface area (Å²) in [6, 6.07) is 1.55. The predicted molar refractivity (Wildman–Crippen MR) is 63.5 cm³/mol. The highest BCUT2D eigenvalue weighted by Crippen LogP contribution is 2.30. The van der Waals surface area contributed by atoms with Crippen LogP contribution in [-0.4, -0.2) is 38.8 Å². The summed E-state index contributed by atoms with van der Waals surface area (Å²) in [4.78, 5) is 9.16. The highest BCUT2D eigenvalue weighted by Gasteiger charge is 2.28. The highest BCUT2D eigenvalue weighted by molar-refractivity contribution is 7.89. The normalized spacial score (nSPS) is 11.6. The van der Waals surface area contributed by atoms with Crippen molar-refractivity contribution in [3.63, 3.8) is 0 Å². The van der Waals surface area contributed by atoms with E-state index < -0.39 is 31.3 Å². The van der Waals surface area contributed by atoms with Crippen LogP contribution in [0.5, 0.6) is 0 Å². The summed E-state index contributed by atoms with van der Waals surface area (Å²) in [6.07, 6.45) is 0. The van der Waals surface area contributed by atoms with Crippen LogP contribution in [0.15, 0.2) is 17.0 Å². The number of non-ortho nitro benzene ring substituents is 1. The fraction of sp³-hybridized carbons (Fsp3) is 0.333. The lowest BCUT2D eigenvalue weighted by atomic mass is 10.2. The van der Waals surface area contributed by atoms with Gasteiger partial charge in [0.2, 0.25) is 10.0 Å². The van der Waals surface area contributed by atoms with Crippen molar-refractivity contribution in [2.75, 3.05) is 26.5 Å². The van der Waals surface area contributed by atoms with E-state index in [0.29, 0.717) is 6.07 Å². The number of nitro groups is 1. The first-order valence-corrected chi connectivity index (χ1v) is 6.24. The monoisotopic (exact) mass is 277 g/mol. The zero-order valence-electron chi connectivity index (χ0n) is 9.97. The van der Waals surface area contributed by atoms with Gasteiger partial charge in [0, 0.05) is 27.2 Å². The second kappa shape index (κ2) is 4.86. The largest absolute Gasteiger partial charge is 0.387 e. The van der Waals surface area contributed by atoms with Gasteiger partial charge in [-0.25, -0.2) is 17.1 Å². The smallest absolute Gasteiger partial charge is 0.274 e. The van der Waals surface area contributed by atoms with E-state index in [9.17, 15) is 22.9 Å². The van der Waals surface area contributed by atoms with Crippen molar-refractivity contribution >= 4 is 21.4 Å². The van der Waals surface area contributed by atoms with E-state index >= 15 is 0 Å². The van der Waals surface area contributed by atoms with E-state index in [1.165, 1.54) is 21.1 Å². The van der Waals surface area contributed by atoms with Gasteiger partial charge in [-0.1, -0.05) is 0 Å². The molecule has 1 aromatic rings. The van der Waals surface area contributed by atoms with Gasteiger partial charge in [-0.2, -0.15) is 0 Å². The number of halogens is 1. The molecule has 0 amide bonds. The fourth-order valence-corrected chi connectivity index (χ4v) is 2.42. The third-order valence-corrected chi connectivity index (χ3v) is 4.14. The predicted octanol–water partition coefficient (Wildman–Crippen LogP) is 1.03. The molecule has 1 N–H and O–H groups in total. The van der Waals surface area contributed by atoms with E-state index in [0.717, 1.165) is 10.4 Å². The Morgan fingerprint density at radius 2 is 1.94 bits per heavy atom. The maximum atomic E-state index is 13.8. The molecule has 0 aromatic heterocycles. The average Bonchev–Trinajstić information content (AvgIpc) is 2.26. The molecule has 18 heavy (non-hydrogen) atoms. The van der Waals surface area contributed by atoms with E-state index in [2.05, 4.69) is 5.32 Å². The molecule has 9 heteroatoms. The van der Waals surface area contributed by atoms with Crippen molar-refractivity contribution in [1.82, 2.24) is 4.31 Å². The molecule has 0 aliphatic carbocycles. The van der Waals surface area contributed by atoms with Crippen molar-refractivity contribution < 1.29 is 17.7 Å². The molecule has 0 radical (unpaired) electrons. The maximum Gasteiger partial charge on any atom is 0.274 e. The van der Waals surface area contributed by atoms with E-state index in [4.69, 9.17) is 0 Å². The molecule has 100 valence electrons. The summed E-state index contributed by atoms with van der Waals surface area (Å²) in [5.41, 5.74) is -0.676. The minimum Gasteiger partial charge on any atom is -0.387 e. The van der Waals surface area contributed by atoms with Crippen LogP contribution in [0.25, 0.3) is 0 Å². The second-order valence-corrected chi connectivity index (χ2v) is 5.69. The summed E-state index contributed by atoms with van der Waals surface area (Å²) < 4.78 is 38.4. The van der Waals surface area contributed by atoms with Gasteiger partial charge < -0.3 is 5.32 Å². The Morgan fingerprint density at radius 1 is 1.39 bits per heavy atom. The zero-order valence-corrected chi connectivity index (χ0v) is 10.8. The van der Waals surface area contributed by atoms with Gasteiger partial charge in [-0.15, -0.1) is 0 Å². The molecule has 0 aliphatic heterocycles. The second-order valence-electron chi connectivity index (χ2n) is 3.60. The average molecular weight is 277 g/mol. The Morgan fingerprint density at radius 3 is 2.33 bits per heavy atom. The van der Waals surface area contributed by atoms with Crippen LogP contribution in [-0.2, 0) is 10.0 Å². The lowest BCUT2D eigenvalue weighted by molar-refractivity contribution is -0.385.